The van der Waals surface area contributed by atoms with Crippen LogP contribution in [0.3, 0.4) is 0 Å². The first-order valence-corrected chi connectivity index (χ1v) is 10.3. The van der Waals surface area contributed by atoms with Gasteiger partial charge < -0.3 is 0 Å². The molecule has 2 rings (SSSR count). The van der Waals surface area contributed by atoms with Gasteiger partial charge in [0.2, 0.25) is 0 Å². The summed E-state index contributed by atoms with van der Waals surface area (Å²) < 4.78 is 29.2. The van der Waals surface area contributed by atoms with Crippen molar-refractivity contribution in [3.8, 4) is 0 Å². The number of sulfonamides is 1. The Morgan fingerprint density at radius 2 is 2.30 bits per heavy atom. The molecule has 0 saturated heterocycles. The number of nitrogens with one attached hydrogen (secondary N) is 1. The molecular weight excluding hydrogens is 382 g/mol. The van der Waals surface area contributed by atoms with Crippen LogP contribution < -0.4 is 4.72 Å². The topological polar surface area (TPSA) is 46.2 Å². The van der Waals surface area contributed by atoms with Crippen molar-refractivity contribution in [3.63, 3.8) is 0 Å². The van der Waals surface area contributed by atoms with Crippen molar-refractivity contribution in [1.82, 2.24) is 4.72 Å². The molecule has 3 nitrogen and oxygen atoms in total. The highest BCUT2D eigenvalue weighted by Gasteiger charge is 2.38. The largest absolute Gasteiger partial charge is 0.250 e. The molecule has 1 aliphatic carbocycles. The minimum absolute atomic E-state index is 0.322. The molecule has 114 valence electrons. The molecule has 2 unspecified atom stereocenters. The van der Waals surface area contributed by atoms with Crippen molar-refractivity contribution >= 4 is 48.9 Å². The molecule has 0 spiro atoms. The zero-order chi connectivity index (χ0) is 15.0. The van der Waals surface area contributed by atoms with E-state index in [1.807, 2.05) is 6.92 Å². The number of halogens is 2. The van der Waals surface area contributed by atoms with Gasteiger partial charge in [-0.1, -0.05) is 19.8 Å². The third-order valence-electron chi connectivity index (χ3n) is 3.80. The van der Waals surface area contributed by atoms with Crippen molar-refractivity contribution in [2.45, 2.75) is 49.3 Å². The number of hydrogen-bond acceptors (Lipinski definition) is 3. The standard InChI is InChI=1S/C13H19BrClNO2S2/c1-9-4-3-5-13(7-9,8-15)16-20(17,18)11-6-10(2)12(14)19-11/h6,9,16H,3-5,7-8H2,1-2H3. The summed E-state index contributed by atoms with van der Waals surface area (Å²) in [6, 6.07) is 1.70. The molecule has 1 saturated carbocycles. The Labute approximate surface area is 138 Å². The summed E-state index contributed by atoms with van der Waals surface area (Å²) in [5.74, 6) is 0.823. The van der Waals surface area contributed by atoms with Crippen LogP contribution >= 0.6 is 38.9 Å². The lowest BCUT2D eigenvalue weighted by molar-refractivity contribution is 0.239. The van der Waals surface area contributed by atoms with Gasteiger partial charge in [-0.15, -0.1) is 22.9 Å². The molecule has 20 heavy (non-hydrogen) atoms. The Morgan fingerprint density at radius 1 is 1.60 bits per heavy atom. The molecule has 0 radical (unpaired) electrons. The molecule has 0 aromatic carbocycles. The number of thiophene rings is 1. The SMILES string of the molecule is Cc1cc(S(=O)(=O)NC2(CCl)CCCC(C)C2)sc1Br. The predicted molar refractivity (Wildman–Crippen MR) is 88.2 cm³/mol. The lowest BCUT2D eigenvalue weighted by Crippen LogP contribution is -2.52. The van der Waals surface area contributed by atoms with Crippen LogP contribution in [0, 0.1) is 12.8 Å². The average Bonchev–Trinajstić information content (AvgIpc) is 2.70. The normalized spacial score (nSPS) is 27.7. The van der Waals surface area contributed by atoms with Gasteiger partial charge >= 0.3 is 0 Å². The number of aryl methyl sites for hydroxylation is 1. The second-order valence-electron chi connectivity index (χ2n) is 5.74. The maximum atomic E-state index is 12.6. The van der Waals surface area contributed by atoms with Crippen LogP contribution in [0.4, 0.5) is 0 Å². The zero-order valence-corrected chi connectivity index (χ0v) is 15.6. The van der Waals surface area contributed by atoms with E-state index in [2.05, 4.69) is 27.6 Å². The molecule has 1 N–H and O–H groups in total. The highest BCUT2D eigenvalue weighted by atomic mass is 79.9. The second kappa shape index (κ2) is 6.24. The molecule has 1 fully saturated rings. The molecule has 2 atom stereocenters. The van der Waals surface area contributed by atoms with Crippen molar-refractivity contribution in [2.24, 2.45) is 5.92 Å². The fourth-order valence-electron chi connectivity index (χ4n) is 2.80. The number of alkyl halides is 1. The van der Waals surface area contributed by atoms with E-state index in [-0.39, 0.29) is 0 Å². The third kappa shape index (κ3) is 3.58. The van der Waals surface area contributed by atoms with Crippen LogP contribution in [-0.4, -0.2) is 19.8 Å². The number of hydrogen-bond donors (Lipinski definition) is 1. The minimum Gasteiger partial charge on any atom is -0.206 e. The summed E-state index contributed by atoms with van der Waals surface area (Å²) in [5, 5.41) is 0. The predicted octanol–water partition coefficient (Wildman–Crippen LogP) is 4.29. The van der Waals surface area contributed by atoms with Crippen molar-refractivity contribution in [1.29, 1.82) is 0 Å². The van der Waals surface area contributed by atoms with E-state index >= 15 is 0 Å². The summed E-state index contributed by atoms with van der Waals surface area (Å²) in [4.78, 5) is 0. The first kappa shape index (κ1) is 16.7. The van der Waals surface area contributed by atoms with Gasteiger partial charge in [-0.25, -0.2) is 13.1 Å². The van der Waals surface area contributed by atoms with E-state index in [1.165, 1.54) is 11.3 Å². The zero-order valence-electron chi connectivity index (χ0n) is 11.6. The Balaban J connectivity index is 2.26. The van der Waals surface area contributed by atoms with Gasteiger partial charge in [0.05, 0.1) is 3.79 Å². The van der Waals surface area contributed by atoms with Crippen LogP contribution in [0.25, 0.3) is 0 Å². The average molecular weight is 401 g/mol. The summed E-state index contributed by atoms with van der Waals surface area (Å²) in [6.07, 6.45) is 3.78. The molecule has 1 aromatic heterocycles. The second-order valence-corrected chi connectivity index (χ2v) is 10.3. The van der Waals surface area contributed by atoms with E-state index in [4.69, 9.17) is 11.6 Å². The van der Waals surface area contributed by atoms with E-state index < -0.39 is 15.6 Å². The van der Waals surface area contributed by atoms with Crippen LogP contribution in [-0.2, 0) is 10.0 Å². The van der Waals surface area contributed by atoms with Crippen molar-refractivity contribution in [2.75, 3.05) is 5.88 Å². The molecule has 1 aliphatic rings. The lowest BCUT2D eigenvalue weighted by Gasteiger charge is -2.38. The van der Waals surface area contributed by atoms with Crippen LogP contribution in [0.5, 0.6) is 0 Å². The van der Waals surface area contributed by atoms with Gasteiger partial charge in [0, 0.05) is 11.4 Å². The van der Waals surface area contributed by atoms with E-state index in [1.54, 1.807) is 6.07 Å². The summed E-state index contributed by atoms with van der Waals surface area (Å²) in [5.41, 5.74) is 0.440. The monoisotopic (exact) mass is 399 g/mol. The summed E-state index contributed by atoms with van der Waals surface area (Å²) in [7, 11) is -3.50. The van der Waals surface area contributed by atoms with E-state index in [9.17, 15) is 8.42 Å². The summed E-state index contributed by atoms with van der Waals surface area (Å²) >= 11 is 10.7. The van der Waals surface area contributed by atoms with Crippen LogP contribution in [0.2, 0.25) is 0 Å². The molecule has 7 heteroatoms. The van der Waals surface area contributed by atoms with E-state index in [0.717, 1.165) is 35.0 Å². The molecule has 0 amide bonds. The lowest BCUT2D eigenvalue weighted by atomic mass is 9.78. The molecule has 1 aromatic rings. The Kier molecular flexibility index (Phi) is 5.23. The van der Waals surface area contributed by atoms with Gasteiger partial charge in [-0.3, -0.25) is 0 Å². The maximum absolute atomic E-state index is 12.6. The highest BCUT2D eigenvalue weighted by molar-refractivity contribution is 9.11. The Morgan fingerprint density at radius 3 is 2.80 bits per heavy atom. The molecular formula is C13H19BrClNO2S2. The quantitative estimate of drug-likeness (QED) is 0.767. The Hall–Kier alpha value is 0.380. The summed E-state index contributed by atoms with van der Waals surface area (Å²) in [6.45, 7) is 4.04. The van der Waals surface area contributed by atoms with Crippen molar-refractivity contribution < 1.29 is 8.42 Å². The van der Waals surface area contributed by atoms with Gasteiger partial charge in [0.15, 0.2) is 0 Å². The molecule has 0 aliphatic heterocycles. The molecule has 1 heterocycles. The molecule has 0 bridgehead atoms. The Bertz CT molecular complexity index is 568. The first-order valence-electron chi connectivity index (χ1n) is 6.64. The smallest absolute Gasteiger partial charge is 0.206 e. The van der Waals surface area contributed by atoms with Gasteiger partial charge in [-0.05, 0) is 53.2 Å². The van der Waals surface area contributed by atoms with Crippen LogP contribution in [0.15, 0.2) is 14.1 Å². The van der Waals surface area contributed by atoms with Crippen LogP contribution in [0.1, 0.15) is 38.2 Å². The van der Waals surface area contributed by atoms with Gasteiger partial charge in [-0.2, -0.15) is 0 Å². The maximum Gasteiger partial charge on any atom is 0.250 e. The minimum atomic E-state index is -3.50. The number of rotatable bonds is 4. The van der Waals surface area contributed by atoms with Gasteiger partial charge in [0.1, 0.15) is 4.21 Å². The fraction of sp³-hybridized carbons (Fsp3) is 0.692. The third-order valence-corrected chi connectivity index (χ3v) is 8.50. The highest BCUT2D eigenvalue weighted by Crippen LogP contribution is 2.36. The van der Waals surface area contributed by atoms with Gasteiger partial charge in [0.25, 0.3) is 10.0 Å². The van der Waals surface area contributed by atoms with Crippen molar-refractivity contribution in [3.05, 3.63) is 15.4 Å². The first-order chi connectivity index (χ1) is 9.28. The fourth-order valence-corrected chi connectivity index (χ4v) is 6.86. The van der Waals surface area contributed by atoms with E-state index in [0.29, 0.717) is 16.0 Å².